The van der Waals surface area contributed by atoms with E-state index in [4.69, 9.17) is 10.5 Å². The van der Waals surface area contributed by atoms with Crippen LogP contribution >= 0.6 is 0 Å². The largest absolute Gasteiger partial charge is 0.466 e. The first-order chi connectivity index (χ1) is 8.63. The molecular weight excluding hydrogens is 230 g/mol. The second-order valence-electron chi connectivity index (χ2n) is 4.07. The highest BCUT2D eigenvalue weighted by Crippen LogP contribution is 2.09. The first kappa shape index (κ1) is 14.2. The Bertz CT molecular complexity index is 398. The van der Waals surface area contributed by atoms with E-state index in [1.807, 2.05) is 12.1 Å². The van der Waals surface area contributed by atoms with Crippen LogP contribution in [0, 0.1) is 0 Å². The second-order valence-corrected chi connectivity index (χ2v) is 4.07. The van der Waals surface area contributed by atoms with E-state index in [0.717, 1.165) is 24.8 Å². The highest BCUT2D eigenvalue weighted by atomic mass is 16.5. The van der Waals surface area contributed by atoms with Crippen LogP contribution in [0.5, 0.6) is 0 Å². The lowest BCUT2D eigenvalue weighted by Crippen LogP contribution is -2.10. The van der Waals surface area contributed by atoms with E-state index in [2.05, 4.69) is 0 Å². The van der Waals surface area contributed by atoms with Crippen LogP contribution in [0.1, 0.15) is 42.1 Å². The minimum absolute atomic E-state index is 0.137. The van der Waals surface area contributed by atoms with E-state index in [0.29, 0.717) is 18.6 Å². The molecule has 0 unspecified atom stereocenters. The van der Waals surface area contributed by atoms with Crippen molar-refractivity contribution in [1.82, 2.24) is 0 Å². The molecule has 4 heteroatoms. The van der Waals surface area contributed by atoms with Crippen molar-refractivity contribution in [3.63, 3.8) is 0 Å². The minimum Gasteiger partial charge on any atom is -0.466 e. The second kappa shape index (κ2) is 7.48. The fraction of sp³-hybridized carbons (Fsp3) is 0.429. The van der Waals surface area contributed by atoms with Crippen LogP contribution in [0.2, 0.25) is 0 Å². The fourth-order valence-corrected chi connectivity index (χ4v) is 1.67. The number of aryl methyl sites for hydroxylation is 1. The van der Waals surface area contributed by atoms with Crippen molar-refractivity contribution in [2.45, 2.75) is 32.6 Å². The zero-order chi connectivity index (χ0) is 13.4. The van der Waals surface area contributed by atoms with E-state index in [9.17, 15) is 9.59 Å². The Morgan fingerprint density at radius 1 is 1.17 bits per heavy atom. The van der Waals surface area contributed by atoms with Crippen LogP contribution in [0.15, 0.2) is 24.3 Å². The molecule has 0 aliphatic carbocycles. The summed E-state index contributed by atoms with van der Waals surface area (Å²) in [5.74, 6) is -0.551. The molecule has 1 rings (SSSR count). The van der Waals surface area contributed by atoms with Gasteiger partial charge in [-0.05, 0) is 43.9 Å². The van der Waals surface area contributed by atoms with Gasteiger partial charge >= 0.3 is 5.97 Å². The summed E-state index contributed by atoms with van der Waals surface area (Å²) in [6.45, 7) is 2.24. The van der Waals surface area contributed by atoms with E-state index in [-0.39, 0.29) is 5.97 Å². The SMILES string of the molecule is CCOC(=O)CCCCc1ccc(C(N)=O)cc1. The number of nitrogens with two attached hydrogens (primary N) is 1. The molecule has 0 aromatic heterocycles. The molecule has 0 atom stereocenters. The predicted molar refractivity (Wildman–Crippen MR) is 69.1 cm³/mol. The van der Waals surface area contributed by atoms with Gasteiger partial charge in [-0.25, -0.2) is 0 Å². The number of amides is 1. The van der Waals surface area contributed by atoms with E-state index < -0.39 is 5.91 Å². The van der Waals surface area contributed by atoms with Gasteiger partial charge in [0.1, 0.15) is 0 Å². The topological polar surface area (TPSA) is 69.4 Å². The Balaban J connectivity index is 2.27. The highest BCUT2D eigenvalue weighted by molar-refractivity contribution is 5.92. The smallest absolute Gasteiger partial charge is 0.305 e. The van der Waals surface area contributed by atoms with Crippen molar-refractivity contribution in [2.75, 3.05) is 6.61 Å². The van der Waals surface area contributed by atoms with E-state index in [1.54, 1.807) is 19.1 Å². The Labute approximate surface area is 107 Å². The lowest BCUT2D eigenvalue weighted by atomic mass is 10.1. The normalized spacial score (nSPS) is 10.1. The lowest BCUT2D eigenvalue weighted by Gasteiger charge is -2.03. The molecule has 1 aromatic carbocycles. The maximum absolute atomic E-state index is 11.1. The summed E-state index contributed by atoms with van der Waals surface area (Å²) in [7, 11) is 0. The number of esters is 1. The lowest BCUT2D eigenvalue weighted by molar-refractivity contribution is -0.143. The molecular formula is C14H19NO3. The van der Waals surface area contributed by atoms with Crippen LogP contribution < -0.4 is 5.73 Å². The van der Waals surface area contributed by atoms with E-state index >= 15 is 0 Å². The number of hydrogen-bond acceptors (Lipinski definition) is 3. The van der Waals surface area contributed by atoms with E-state index in [1.165, 1.54) is 0 Å². The molecule has 0 radical (unpaired) electrons. The van der Waals surface area contributed by atoms with Gasteiger partial charge in [0, 0.05) is 12.0 Å². The third-order valence-electron chi connectivity index (χ3n) is 2.64. The molecule has 0 saturated carbocycles. The van der Waals surface area contributed by atoms with Crippen molar-refractivity contribution >= 4 is 11.9 Å². The summed E-state index contributed by atoms with van der Waals surface area (Å²) in [6, 6.07) is 7.24. The molecule has 0 heterocycles. The Kier molecular flexibility index (Phi) is 5.91. The van der Waals surface area contributed by atoms with Gasteiger partial charge in [0.05, 0.1) is 6.61 Å². The number of unbranched alkanes of at least 4 members (excludes halogenated alkanes) is 1. The Morgan fingerprint density at radius 2 is 1.83 bits per heavy atom. The number of ether oxygens (including phenoxy) is 1. The fourth-order valence-electron chi connectivity index (χ4n) is 1.67. The van der Waals surface area contributed by atoms with Crippen LogP contribution in [0.25, 0.3) is 0 Å². The first-order valence-corrected chi connectivity index (χ1v) is 6.18. The van der Waals surface area contributed by atoms with Gasteiger partial charge < -0.3 is 10.5 Å². The number of carbonyl (C=O) groups is 2. The molecule has 98 valence electrons. The number of rotatable bonds is 7. The maximum Gasteiger partial charge on any atom is 0.305 e. The highest BCUT2D eigenvalue weighted by Gasteiger charge is 2.02. The van der Waals surface area contributed by atoms with Gasteiger partial charge in [-0.1, -0.05) is 12.1 Å². The predicted octanol–water partition coefficient (Wildman–Crippen LogP) is 2.06. The maximum atomic E-state index is 11.1. The quantitative estimate of drug-likeness (QED) is 0.594. The Hall–Kier alpha value is -1.84. The van der Waals surface area contributed by atoms with Crippen molar-refractivity contribution in [3.05, 3.63) is 35.4 Å². The average Bonchev–Trinajstić information content (AvgIpc) is 2.35. The molecule has 18 heavy (non-hydrogen) atoms. The monoisotopic (exact) mass is 249 g/mol. The van der Waals surface area contributed by atoms with Gasteiger partial charge in [0.25, 0.3) is 0 Å². The summed E-state index contributed by atoms with van der Waals surface area (Å²) in [4.78, 5) is 22.0. The van der Waals surface area contributed by atoms with Crippen molar-refractivity contribution in [2.24, 2.45) is 5.73 Å². The van der Waals surface area contributed by atoms with Gasteiger partial charge in [-0.15, -0.1) is 0 Å². The van der Waals surface area contributed by atoms with Gasteiger partial charge in [0.15, 0.2) is 0 Å². The molecule has 0 aliphatic rings. The standard InChI is InChI=1S/C14H19NO3/c1-2-18-13(16)6-4-3-5-11-7-9-12(10-8-11)14(15)17/h7-10H,2-6H2,1H3,(H2,15,17). The minimum atomic E-state index is -0.413. The molecule has 1 aromatic rings. The summed E-state index contributed by atoms with van der Waals surface area (Å²) < 4.78 is 4.85. The number of hydrogen-bond donors (Lipinski definition) is 1. The van der Waals surface area contributed by atoms with Gasteiger partial charge in [-0.2, -0.15) is 0 Å². The Morgan fingerprint density at radius 3 is 2.39 bits per heavy atom. The van der Waals surface area contributed by atoms with Crippen LogP contribution in [0.4, 0.5) is 0 Å². The van der Waals surface area contributed by atoms with Crippen LogP contribution in [-0.2, 0) is 16.0 Å². The third kappa shape index (κ3) is 4.99. The van der Waals surface area contributed by atoms with Crippen LogP contribution in [0.3, 0.4) is 0 Å². The van der Waals surface area contributed by atoms with Gasteiger partial charge in [-0.3, -0.25) is 9.59 Å². The van der Waals surface area contributed by atoms with Crippen LogP contribution in [-0.4, -0.2) is 18.5 Å². The van der Waals surface area contributed by atoms with Crippen molar-refractivity contribution in [1.29, 1.82) is 0 Å². The zero-order valence-electron chi connectivity index (χ0n) is 10.6. The summed E-state index contributed by atoms with van der Waals surface area (Å²) >= 11 is 0. The summed E-state index contributed by atoms with van der Waals surface area (Å²) in [6.07, 6.45) is 3.09. The van der Waals surface area contributed by atoms with Crippen molar-refractivity contribution < 1.29 is 14.3 Å². The number of primary amides is 1. The number of benzene rings is 1. The molecule has 0 spiro atoms. The average molecular weight is 249 g/mol. The number of carbonyl (C=O) groups excluding carboxylic acids is 2. The zero-order valence-corrected chi connectivity index (χ0v) is 10.6. The molecule has 0 aliphatic heterocycles. The summed E-state index contributed by atoms with van der Waals surface area (Å²) in [5, 5.41) is 0. The molecule has 4 nitrogen and oxygen atoms in total. The molecule has 0 saturated heterocycles. The third-order valence-corrected chi connectivity index (χ3v) is 2.64. The van der Waals surface area contributed by atoms with Gasteiger partial charge in [0.2, 0.25) is 5.91 Å². The molecule has 1 amide bonds. The molecule has 0 fully saturated rings. The first-order valence-electron chi connectivity index (χ1n) is 6.18. The summed E-state index contributed by atoms with van der Waals surface area (Å²) in [5.41, 5.74) is 6.82. The van der Waals surface area contributed by atoms with Crippen molar-refractivity contribution in [3.8, 4) is 0 Å². The molecule has 2 N–H and O–H groups in total. The molecule has 0 bridgehead atoms.